The van der Waals surface area contributed by atoms with Crippen LogP contribution in [0, 0.1) is 5.92 Å². The fourth-order valence-corrected chi connectivity index (χ4v) is 4.82. The zero-order chi connectivity index (χ0) is 24.9. The Hall–Kier alpha value is -2.62. The lowest BCUT2D eigenvalue weighted by Crippen LogP contribution is -2.39. The Morgan fingerprint density at radius 1 is 1.21 bits per heavy atom. The van der Waals surface area contributed by atoms with Crippen LogP contribution in [0.5, 0.6) is 5.75 Å². The third-order valence-corrected chi connectivity index (χ3v) is 6.78. The van der Waals surface area contributed by atoms with Crippen molar-refractivity contribution in [2.24, 2.45) is 5.92 Å². The van der Waals surface area contributed by atoms with Gasteiger partial charge >= 0.3 is 10.1 Å². The minimum Gasteiger partial charge on any atom is -0.379 e. The monoisotopic (exact) mass is 508 g/mol. The maximum absolute atomic E-state index is 12.9. The zero-order valence-electron chi connectivity index (χ0n) is 19.4. The van der Waals surface area contributed by atoms with Crippen LogP contribution in [0.15, 0.2) is 47.4 Å². The molecule has 0 aromatic heterocycles. The quantitative estimate of drug-likeness (QED) is 0.508. The fourth-order valence-electron chi connectivity index (χ4n) is 3.66. The van der Waals surface area contributed by atoms with Gasteiger partial charge in [0.15, 0.2) is 0 Å². The molecular formula is C24H29ClN2O6S. The van der Waals surface area contributed by atoms with Gasteiger partial charge in [-0.1, -0.05) is 25.4 Å². The minimum atomic E-state index is -4.17. The minimum absolute atomic E-state index is 0.0582. The molecular weight excluding hydrogens is 480 g/mol. The van der Waals surface area contributed by atoms with Crippen LogP contribution in [0.3, 0.4) is 0 Å². The lowest BCUT2D eigenvalue weighted by molar-refractivity contribution is -0.136. The molecule has 1 aliphatic heterocycles. The molecule has 1 fully saturated rings. The van der Waals surface area contributed by atoms with Gasteiger partial charge in [-0.25, -0.2) is 0 Å². The summed E-state index contributed by atoms with van der Waals surface area (Å²) in [7, 11) is -4.17. The predicted octanol–water partition coefficient (Wildman–Crippen LogP) is 4.23. The SMILES string of the molecule is CC(=O)Nc1ccc(S(=O)(=O)Oc2ccc(Cl)cc2CN(C[C@H]2CCCO2)C(=O)C(C)C)cc1. The Balaban J connectivity index is 1.85. The Kier molecular flexibility index (Phi) is 8.57. The normalized spacial score (nSPS) is 15.9. The molecule has 1 N–H and O–H groups in total. The first kappa shape index (κ1) is 26.0. The van der Waals surface area contributed by atoms with E-state index >= 15 is 0 Å². The van der Waals surface area contributed by atoms with Crippen LogP contribution < -0.4 is 9.50 Å². The average Bonchev–Trinajstić information content (AvgIpc) is 3.27. The van der Waals surface area contributed by atoms with E-state index in [2.05, 4.69) is 5.32 Å². The summed E-state index contributed by atoms with van der Waals surface area (Å²) < 4.78 is 37.0. The molecule has 10 heteroatoms. The van der Waals surface area contributed by atoms with E-state index in [1.54, 1.807) is 11.0 Å². The van der Waals surface area contributed by atoms with Crippen LogP contribution >= 0.6 is 11.6 Å². The maximum atomic E-state index is 12.9. The number of hydrogen-bond acceptors (Lipinski definition) is 6. The molecule has 0 radical (unpaired) electrons. The van der Waals surface area contributed by atoms with Crippen LogP contribution in [-0.4, -0.2) is 44.4 Å². The molecule has 0 bridgehead atoms. The summed E-state index contributed by atoms with van der Waals surface area (Å²) in [4.78, 5) is 25.7. The molecule has 184 valence electrons. The summed E-state index contributed by atoms with van der Waals surface area (Å²) >= 11 is 6.19. The van der Waals surface area contributed by atoms with Crippen molar-refractivity contribution in [2.45, 2.75) is 51.2 Å². The zero-order valence-corrected chi connectivity index (χ0v) is 21.0. The number of rotatable bonds is 9. The highest BCUT2D eigenvalue weighted by Gasteiger charge is 2.26. The topological polar surface area (TPSA) is 102 Å². The molecule has 0 aliphatic carbocycles. The van der Waals surface area contributed by atoms with Gasteiger partial charge < -0.3 is 19.1 Å². The van der Waals surface area contributed by atoms with Crippen molar-refractivity contribution >= 4 is 39.2 Å². The van der Waals surface area contributed by atoms with Crippen molar-refractivity contribution in [1.82, 2.24) is 4.90 Å². The number of benzene rings is 2. The van der Waals surface area contributed by atoms with Gasteiger partial charge in [0.05, 0.1) is 6.10 Å². The predicted molar refractivity (Wildman–Crippen MR) is 129 cm³/mol. The van der Waals surface area contributed by atoms with Crippen molar-refractivity contribution < 1.29 is 26.9 Å². The molecule has 0 spiro atoms. The summed E-state index contributed by atoms with van der Waals surface area (Å²) in [6.45, 7) is 6.19. The van der Waals surface area contributed by atoms with Gasteiger partial charge in [-0.3, -0.25) is 9.59 Å². The second kappa shape index (κ2) is 11.2. The second-order valence-corrected chi connectivity index (χ2v) is 10.5. The number of anilines is 1. The van der Waals surface area contributed by atoms with Crippen LogP contribution in [0.25, 0.3) is 0 Å². The van der Waals surface area contributed by atoms with E-state index in [4.69, 9.17) is 20.5 Å². The molecule has 0 unspecified atom stereocenters. The van der Waals surface area contributed by atoms with Gasteiger partial charge in [-0.05, 0) is 55.3 Å². The first-order chi connectivity index (χ1) is 16.0. The summed E-state index contributed by atoms with van der Waals surface area (Å²) in [5.74, 6) is -0.487. The van der Waals surface area contributed by atoms with E-state index in [0.717, 1.165) is 12.8 Å². The van der Waals surface area contributed by atoms with E-state index in [9.17, 15) is 18.0 Å². The maximum Gasteiger partial charge on any atom is 0.339 e. The van der Waals surface area contributed by atoms with Crippen molar-refractivity contribution in [3.8, 4) is 5.75 Å². The van der Waals surface area contributed by atoms with Crippen LogP contribution in [0.2, 0.25) is 5.02 Å². The summed E-state index contributed by atoms with van der Waals surface area (Å²) in [5.41, 5.74) is 0.938. The Labute approximate surface area is 205 Å². The van der Waals surface area contributed by atoms with Gasteiger partial charge in [0.25, 0.3) is 0 Å². The van der Waals surface area contributed by atoms with Crippen LogP contribution in [-0.2, 0) is 31.0 Å². The summed E-state index contributed by atoms with van der Waals surface area (Å²) in [6.07, 6.45) is 1.75. The number of halogens is 1. The number of carbonyl (C=O) groups is 2. The van der Waals surface area contributed by atoms with Gasteiger partial charge in [0, 0.05) is 48.8 Å². The standard InChI is InChI=1S/C24H29ClN2O6S/c1-16(2)24(29)27(15-21-5-4-12-32-21)14-18-13-19(25)6-11-23(18)33-34(30,31)22-9-7-20(8-10-22)26-17(3)28/h6-11,13,16,21H,4-5,12,14-15H2,1-3H3,(H,26,28)/t21-/m1/s1. The van der Waals surface area contributed by atoms with Gasteiger partial charge in [-0.15, -0.1) is 0 Å². The molecule has 3 rings (SSSR count). The molecule has 1 saturated heterocycles. The Morgan fingerprint density at radius 2 is 1.91 bits per heavy atom. The molecule has 1 heterocycles. The third-order valence-electron chi connectivity index (χ3n) is 5.30. The number of ether oxygens (including phenoxy) is 1. The van der Waals surface area contributed by atoms with Crippen molar-refractivity contribution in [1.29, 1.82) is 0 Å². The van der Waals surface area contributed by atoms with Crippen LogP contribution in [0.1, 0.15) is 39.2 Å². The first-order valence-corrected chi connectivity index (χ1v) is 12.8. The van der Waals surface area contributed by atoms with Gasteiger partial charge in [0.1, 0.15) is 10.6 Å². The number of nitrogens with one attached hydrogen (secondary N) is 1. The number of amides is 2. The lowest BCUT2D eigenvalue weighted by atomic mass is 10.1. The Morgan fingerprint density at radius 3 is 2.50 bits per heavy atom. The fraction of sp³-hybridized carbons (Fsp3) is 0.417. The molecule has 2 aromatic carbocycles. The van der Waals surface area contributed by atoms with E-state index < -0.39 is 10.1 Å². The van der Waals surface area contributed by atoms with E-state index in [-0.39, 0.29) is 41.0 Å². The number of hydrogen-bond donors (Lipinski definition) is 1. The third kappa shape index (κ3) is 6.94. The molecule has 2 aromatic rings. The van der Waals surface area contributed by atoms with Gasteiger partial charge in [-0.2, -0.15) is 8.42 Å². The molecule has 0 saturated carbocycles. The second-order valence-electron chi connectivity index (χ2n) is 8.50. The highest BCUT2D eigenvalue weighted by atomic mass is 35.5. The van der Waals surface area contributed by atoms with E-state index in [0.29, 0.717) is 29.4 Å². The number of nitrogens with zero attached hydrogens (tertiary/aromatic N) is 1. The molecule has 1 aliphatic rings. The highest BCUT2D eigenvalue weighted by molar-refractivity contribution is 7.87. The molecule has 8 nitrogen and oxygen atoms in total. The number of carbonyl (C=O) groups excluding carboxylic acids is 2. The Bertz CT molecular complexity index is 1130. The van der Waals surface area contributed by atoms with Crippen molar-refractivity contribution in [2.75, 3.05) is 18.5 Å². The lowest BCUT2D eigenvalue weighted by Gasteiger charge is -2.28. The van der Waals surface area contributed by atoms with Crippen molar-refractivity contribution in [3.05, 3.63) is 53.1 Å². The van der Waals surface area contributed by atoms with E-state index in [1.165, 1.54) is 43.3 Å². The average molecular weight is 509 g/mol. The summed E-state index contributed by atoms with van der Waals surface area (Å²) in [6, 6.07) is 10.3. The van der Waals surface area contributed by atoms with Crippen molar-refractivity contribution in [3.63, 3.8) is 0 Å². The first-order valence-electron chi connectivity index (χ1n) is 11.1. The van der Waals surface area contributed by atoms with E-state index in [1.807, 2.05) is 13.8 Å². The molecule has 1 atom stereocenters. The molecule has 34 heavy (non-hydrogen) atoms. The summed E-state index contributed by atoms with van der Waals surface area (Å²) in [5, 5.41) is 2.98. The smallest absolute Gasteiger partial charge is 0.339 e. The molecule has 2 amide bonds. The van der Waals surface area contributed by atoms with Gasteiger partial charge in [0.2, 0.25) is 11.8 Å². The van der Waals surface area contributed by atoms with Crippen LogP contribution in [0.4, 0.5) is 5.69 Å². The largest absolute Gasteiger partial charge is 0.379 e. The highest BCUT2D eigenvalue weighted by Crippen LogP contribution is 2.29.